The lowest BCUT2D eigenvalue weighted by atomic mass is 10.3. The summed E-state index contributed by atoms with van der Waals surface area (Å²) in [6.07, 6.45) is 0. The minimum Gasteiger partial charge on any atom is -0.324 e. The fourth-order valence-corrected chi connectivity index (χ4v) is 0.888. The largest absolute Gasteiger partial charge is 0.332 e. The molecule has 0 saturated heterocycles. The van der Waals surface area contributed by atoms with E-state index in [0.29, 0.717) is 11.4 Å². The van der Waals surface area contributed by atoms with Crippen LogP contribution in [0, 0.1) is 0 Å². The zero-order chi connectivity index (χ0) is 11.3. The molecule has 0 heterocycles. The van der Waals surface area contributed by atoms with Gasteiger partial charge < -0.3 is 10.7 Å². The van der Waals surface area contributed by atoms with Crippen molar-refractivity contribution in [2.24, 2.45) is 5.84 Å². The van der Waals surface area contributed by atoms with Crippen LogP contribution in [0.1, 0.15) is 0 Å². The average Bonchev–Trinajstić information content (AvgIpc) is 2.29. The molecule has 0 radical (unpaired) electrons. The van der Waals surface area contributed by atoms with E-state index in [9.17, 15) is 9.59 Å². The molecular weight excluding hydrogens is 200 g/mol. The number of anilines is 2. The van der Waals surface area contributed by atoms with E-state index in [1.165, 1.54) is 5.48 Å². The van der Waals surface area contributed by atoms with Crippen LogP contribution < -0.4 is 22.1 Å². The number of hydroxylamine groups is 1. The molecule has 0 fully saturated rings. The van der Waals surface area contributed by atoms with Gasteiger partial charge in [0.15, 0.2) is 0 Å². The topological polar surface area (TPSA) is 116 Å². The number of hydrogen-bond acceptors (Lipinski definition) is 5. The maximum Gasteiger partial charge on any atom is 0.332 e. The van der Waals surface area contributed by atoms with Crippen LogP contribution in [0.15, 0.2) is 24.3 Å². The third kappa shape index (κ3) is 2.93. The van der Waals surface area contributed by atoms with E-state index in [2.05, 4.69) is 10.7 Å². The van der Waals surface area contributed by atoms with Gasteiger partial charge in [-0.25, -0.2) is 5.48 Å². The van der Waals surface area contributed by atoms with Gasteiger partial charge in [-0.1, -0.05) is 0 Å². The number of carbonyl (C=O) groups excluding carboxylic acids is 2. The Morgan fingerprint density at radius 1 is 1.07 bits per heavy atom. The molecule has 0 unspecified atom stereocenters. The highest BCUT2D eigenvalue weighted by atomic mass is 16.5. The molecule has 0 aliphatic carbocycles. The van der Waals surface area contributed by atoms with Crippen LogP contribution in [-0.2, 0) is 9.59 Å². The summed E-state index contributed by atoms with van der Waals surface area (Å²) < 4.78 is 0. The fraction of sp³-hybridized carbons (Fsp3) is 0. The van der Waals surface area contributed by atoms with Crippen LogP contribution in [0.25, 0.3) is 0 Å². The number of nitrogen functional groups attached to an aromatic ring is 1. The van der Waals surface area contributed by atoms with Crippen molar-refractivity contribution in [2.45, 2.75) is 0 Å². The highest BCUT2D eigenvalue weighted by molar-refractivity contribution is 6.39. The summed E-state index contributed by atoms with van der Waals surface area (Å²) in [7, 11) is 0. The summed E-state index contributed by atoms with van der Waals surface area (Å²) in [5.74, 6) is 3.05. The minimum absolute atomic E-state index is 0.419. The van der Waals surface area contributed by atoms with Gasteiger partial charge in [0.25, 0.3) is 0 Å². The Bertz CT molecular complexity index is 363. The molecule has 1 aromatic carbocycles. The summed E-state index contributed by atoms with van der Waals surface area (Å²) in [6.45, 7) is 0. The number of rotatable bonds is 2. The van der Waals surface area contributed by atoms with E-state index in [-0.39, 0.29) is 0 Å². The van der Waals surface area contributed by atoms with E-state index in [1.807, 2.05) is 0 Å². The first-order valence-electron chi connectivity index (χ1n) is 3.99. The SMILES string of the molecule is NNc1ccc(NC(=O)C(=O)NO)cc1. The van der Waals surface area contributed by atoms with E-state index in [4.69, 9.17) is 11.0 Å². The Hall–Kier alpha value is -2.12. The number of nitrogens with two attached hydrogens (primary N) is 1. The van der Waals surface area contributed by atoms with Crippen molar-refractivity contribution >= 4 is 23.2 Å². The molecule has 6 N–H and O–H groups in total. The molecule has 0 aliphatic heterocycles. The van der Waals surface area contributed by atoms with Crippen LogP contribution in [0.3, 0.4) is 0 Å². The first kappa shape index (κ1) is 11.0. The number of amides is 2. The lowest BCUT2D eigenvalue weighted by Gasteiger charge is -2.04. The van der Waals surface area contributed by atoms with Crippen LogP contribution in [0.5, 0.6) is 0 Å². The summed E-state index contributed by atoms with van der Waals surface area (Å²) in [5.41, 5.74) is 4.72. The molecule has 0 aromatic heterocycles. The Balaban J connectivity index is 2.65. The van der Waals surface area contributed by atoms with Crippen molar-refractivity contribution in [3.8, 4) is 0 Å². The molecule has 7 nitrogen and oxygen atoms in total. The summed E-state index contributed by atoms with van der Waals surface area (Å²) in [5, 5.41) is 10.4. The second-order valence-corrected chi connectivity index (χ2v) is 2.62. The Morgan fingerprint density at radius 3 is 2.07 bits per heavy atom. The molecule has 0 aliphatic rings. The predicted molar refractivity (Wildman–Crippen MR) is 52.8 cm³/mol. The molecule has 2 amide bonds. The lowest BCUT2D eigenvalue weighted by molar-refractivity contribution is -0.141. The molecule has 80 valence electrons. The zero-order valence-corrected chi connectivity index (χ0v) is 7.65. The fourth-order valence-electron chi connectivity index (χ4n) is 0.888. The molecule has 0 bridgehead atoms. The van der Waals surface area contributed by atoms with Crippen molar-refractivity contribution in [3.05, 3.63) is 24.3 Å². The third-order valence-corrected chi connectivity index (χ3v) is 1.62. The lowest BCUT2D eigenvalue weighted by Crippen LogP contribution is -2.33. The van der Waals surface area contributed by atoms with Crippen LogP contribution in [0.4, 0.5) is 11.4 Å². The van der Waals surface area contributed by atoms with E-state index >= 15 is 0 Å². The molecule has 1 aromatic rings. The Labute approximate surface area is 85.2 Å². The minimum atomic E-state index is -1.13. The van der Waals surface area contributed by atoms with Gasteiger partial charge in [-0.15, -0.1) is 0 Å². The van der Waals surface area contributed by atoms with Gasteiger partial charge in [-0.3, -0.25) is 20.6 Å². The molecule has 15 heavy (non-hydrogen) atoms. The van der Waals surface area contributed by atoms with Crippen molar-refractivity contribution in [1.29, 1.82) is 0 Å². The standard InChI is InChI=1S/C8H10N4O3/c9-11-6-3-1-5(2-4-6)10-7(13)8(14)12-15/h1-4,11,15H,9H2,(H,10,13)(H,12,14). The van der Waals surface area contributed by atoms with Crippen molar-refractivity contribution in [2.75, 3.05) is 10.7 Å². The summed E-state index contributed by atoms with van der Waals surface area (Å²) >= 11 is 0. The molecular formula is C8H10N4O3. The van der Waals surface area contributed by atoms with E-state index in [1.54, 1.807) is 24.3 Å². The van der Waals surface area contributed by atoms with Crippen LogP contribution >= 0.6 is 0 Å². The summed E-state index contributed by atoms with van der Waals surface area (Å²) in [4.78, 5) is 21.6. The van der Waals surface area contributed by atoms with Gasteiger partial charge in [0.1, 0.15) is 0 Å². The highest BCUT2D eigenvalue weighted by Crippen LogP contribution is 2.11. The van der Waals surface area contributed by atoms with Gasteiger partial charge in [-0.2, -0.15) is 0 Å². The van der Waals surface area contributed by atoms with Crippen LogP contribution in [-0.4, -0.2) is 17.0 Å². The van der Waals surface area contributed by atoms with Gasteiger partial charge in [0, 0.05) is 11.4 Å². The second kappa shape index (κ2) is 4.94. The molecule has 0 atom stereocenters. The first-order chi connectivity index (χ1) is 7.17. The van der Waals surface area contributed by atoms with Crippen LogP contribution in [0.2, 0.25) is 0 Å². The van der Waals surface area contributed by atoms with Gasteiger partial charge in [-0.05, 0) is 24.3 Å². The van der Waals surface area contributed by atoms with E-state index in [0.717, 1.165) is 0 Å². The maximum atomic E-state index is 11.0. The number of nitrogens with one attached hydrogen (secondary N) is 3. The summed E-state index contributed by atoms with van der Waals surface area (Å²) in [6, 6.07) is 6.34. The molecule has 7 heteroatoms. The second-order valence-electron chi connectivity index (χ2n) is 2.62. The third-order valence-electron chi connectivity index (χ3n) is 1.62. The van der Waals surface area contributed by atoms with E-state index < -0.39 is 11.8 Å². The maximum absolute atomic E-state index is 11.0. The monoisotopic (exact) mass is 210 g/mol. The van der Waals surface area contributed by atoms with Crippen molar-refractivity contribution < 1.29 is 14.8 Å². The average molecular weight is 210 g/mol. The number of hydrogen-bond donors (Lipinski definition) is 5. The first-order valence-corrected chi connectivity index (χ1v) is 3.99. The molecule has 0 saturated carbocycles. The Kier molecular flexibility index (Phi) is 3.61. The van der Waals surface area contributed by atoms with Crippen molar-refractivity contribution in [1.82, 2.24) is 5.48 Å². The predicted octanol–water partition coefficient (Wildman–Crippen LogP) is -0.584. The highest BCUT2D eigenvalue weighted by Gasteiger charge is 2.11. The molecule has 0 spiro atoms. The smallest absolute Gasteiger partial charge is 0.324 e. The number of hydrazine groups is 1. The normalized spacial score (nSPS) is 9.20. The Morgan fingerprint density at radius 2 is 1.60 bits per heavy atom. The number of benzene rings is 1. The molecule has 1 rings (SSSR count). The number of carbonyl (C=O) groups is 2. The van der Waals surface area contributed by atoms with Gasteiger partial charge >= 0.3 is 11.8 Å². The van der Waals surface area contributed by atoms with Crippen molar-refractivity contribution in [3.63, 3.8) is 0 Å². The van der Waals surface area contributed by atoms with Gasteiger partial charge in [0.05, 0.1) is 0 Å². The van der Waals surface area contributed by atoms with Gasteiger partial charge in [0.2, 0.25) is 0 Å². The quantitative estimate of drug-likeness (QED) is 0.194. The zero-order valence-electron chi connectivity index (χ0n) is 7.65.